The Bertz CT molecular complexity index is 685. The van der Waals surface area contributed by atoms with E-state index in [9.17, 15) is 9.59 Å². The number of benzene rings is 1. The lowest BCUT2D eigenvalue weighted by Gasteiger charge is -2.44. The number of aryl methyl sites for hydroxylation is 1. The van der Waals surface area contributed by atoms with Crippen LogP contribution in [0.25, 0.3) is 0 Å². The molecule has 1 saturated carbocycles. The van der Waals surface area contributed by atoms with Gasteiger partial charge in [-0.15, -0.1) is 0 Å². The number of carbonyl (C=O) groups excluding carboxylic acids is 2. The Morgan fingerprint density at radius 1 is 1.00 bits per heavy atom. The van der Waals surface area contributed by atoms with Gasteiger partial charge in [0, 0.05) is 18.3 Å². The highest BCUT2D eigenvalue weighted by atomic mass is 16.2. The van der Waals surface area contributed by atoms with Crippen LogP contribution in [-0.4, -0.2) is 47.0 Å². The molecule has 5 heteroatoms. The van der Waals surface area contributed by atoms with Crippen LogP contribution < -0.4 is 4.90 Å². The van der Waals surface area contributed by atoms with E-state index in [4.69, 9.17) is 0 Å². The molecule has 26 heavy (non-hydrogen) atoms. The number of hydrogen-bond acceptors (Lipinski definition) is 3. The summed E-state index contributed by atoms with van der Waals surface area (Å²) in [5, 5.41) is 0. The van der Waals surface area contributed by atoms with Crippen LogP contribution in [0.5, 0.6) is 0 Å². The number of fused-ring (bicyclic) bond motifs is 1. The molecule has 140 valence electrons. The van der Waals surface area contributed by atoms with Crippen molar-refractivity contribution in [1.82, 2.24) is 9.80 Å². The monoisotopic (exact) mass is 355 g/mol. The van der Waals surface area contributed by atoms with E-state index in [-0.39, 0.29) is 11.9 Å². The van der Waals surface area contributed by atoms with Gasteiger partial charge in [-0.25, -0.2) is 9.69 Å². The number of piperidine rings is 1. The molecule has 0 N–H and O–H groups in total. The fraction of sp³-hybridized carbons (Fsp3) is 0.619. The molecule has 3 fully saturated rings. The van der Waals surface area contributed by atoms with E-state index in [0.29, 0.717) is 12.7 Å². The van der Waals surface area contributed by atoms with Gasteiger partial charge < -0.3 is 0 Å². The molecular weight excluding hydrogens is 326 g/mol. The number of urea groups is 1. The standard InChI is InChI=1S/C21H29N3O2/c1-15-9-11-18(12-10-15)24-16(2)20(25)23(21(24)26)14-22-13-5-7-17-6-3-4-8-19(17)22/h9-12,16-17,19H,3-8,13-14H2,1-2H3/t16-,17-,19+/m1/s1. The molecule has 3 amide bonds. The lowest BCUT2D eigenvalue weighted by Crippen LogP contribution is -2.52. The second kappa shape index (κ2) is 7.03. The average Bonchev–Trinajstić information content (AvgIpc) is 2.86. The zero-order valence-electron chi connectivity index (χ0n) is 15.9. The minimum Gasteiger partial charge on any atom is -0.282 e. The van der Waals surface area contributed by atoms with Crippen molar-refractivity contribution in [3.63, 3.8) is 0 Å². The zero-order chi connectivity index (χ0) is 18.3. The summed E-state index contributed by atoms with van der Waals surface area (Å²) in [6.45, 7) is 5.30. The topological polar surface area (TPSA) is 43.9 Å². The molecule has 3 atom stereocenters. The number of anilines is 1. The first-order chi connectivity index (χ1) is 12.6. The Kier molecular flexibility index (Phi) is 4.74. The third-order valence-electron chi connectivity index (χ3n) is 6.44. The number of imide groups is 1. The molecule has 1 aromatic rings. The molecule has 3 aliphatic rings. The van der Waals surface area contributed by atoms with Crippen molar-refractivity contribution >= 4 is 17.6 Å². The highest BCUT2D eigenvalue weighted by Gasteiger charge is 2.45. The van der Waals surface area contributed by atoms with Crippen LogP contribution in [-0.2, 0) is 4.79 Å². The van der Waals surface area contributed by atoms with Crippen molar-refractivity contribution in [3.05, 3.63) is 29.8 Å². The van der Waals surface area contributed by atoms with Crippen LogP contribution in [0.1, 0.15) is 51.0 Å². The van der Waals surface area contributed by atoms with Gasteiger partial charge >= 0.3 is 6.03 Å². The number of amides is 3. The lowest BCUT2D eigenvalue weighted by atomic mass is 9.78. The van der Waals surface area contributed by atoms with E-state index in [1.54, 1.807) is 4.90 Å². The Morgan fingerprint density at radius 3 is 2.46 bits per heavy atom. The summed E-state index contributed by atoms with van der Waals surface area (Å²) in [6.07, 6.45) is 7.58. The average molecular weight is 355 g/mol. The van der Waals surface area contributed by atoms with Crippen LogP contribution in [0.4, 0.5) is 10.5 Å². The summed E-state index contributed by atoms with van der Waals surface area (Å²) >= 11 is 0. The van der Waals surface area contributed by atoms with Gasteiger partial charge in [-0.1, -0.05) is 30.5 Å². The number of nitrogens with zero attached hydrogens (tertiary/aromatic N) is 3. The first-order valence-electron chi connectivity index (χ1n) is 10.0. The second-order valence-corrected chi connectivity index (χ2v) is 8.14. The minimum atomic E-state index is -0.433. The zero-order valence-corrected chi connectivity index (χ0v) is 15.9. The van der Waals surface area contributed by atoms with Crippen LogP contribution in [0.3, 0.4) is 0 Å². The van der Waals surface area contributed by atoms with Crippen molar-refractivity contribution in [1.29, 1.82) is 0 Å². The van der Waals surface area contributed by atoms with E-state index in [2.05, 4.69) is 4.90 Å². The number of rotatable bonds is 3. The first kappa shape index (κ1) is 17.5. The largest absolute Gasteiger partial charge is 0.333 e. The maximum Gasteiger partial charge on any atom is 0.333 e. The molecule has 0 aromatic heterocycles. The molecule has 0 bridgehead atoms. The van der Waals surface area contributed by atoms with E-state index >= 15 is 0 Å². The smallest absolute Gasteiger partial charge is 0.282 e. The summed E-state index contributed by atoms with van der Waals surface area (Å²) in [5.74, 6) is 0.671. The molecule has 0 spiro atoms. The predicted molar refractivity (Wildman–Crippen MR) is 102 cm³/mol. The molecule has 0 unspecified atom stereocenters. The third-order valence-corrected chi connectivity index (χ3v) is 6.44. The Hall–Kier alpha value is -1.88. The third kappa shape index (κ3) is 3.02. The van der Waals surface area contributed by atoms with Crippen molar-refractivity contribution in [2.75, 3.05) is 18.1 Å². The molecule has 1 aliphatic carbocycles. The lowest BCUT2D eigenvalue weighted by molar-refractivity contribution is -0.129. The van der Waals surface area contributed by atoms with Gasteiger partial charge in [0.2, 0.25) is 0 Å². The molecule has 2 saturated heterocycles. The summed E-state index contributed by atoms with van der Waals surface area (Å²) in [4.78, 5) is 31.4. The molecule has 2 aliphatic heterocycles. The summed E-state index contributed by atoms with van der Waals surface area (Å²) in [5.41, 5.74) is 1.95. The summed E-state index contributed by atoms with van der Waals surface area (Å²) < 4.78 is 0. The minimum absolute atomic E-state index is 0.0755. The maximum absolute atomic E-state index is 13.0. The summed E-state index contributed by atoms with van der Waals surface area (Å²) in [7, 11) is 0. The second-order valence-electron chi connectivity index (χ2n) is 8.14. The van der Waals surface area contributed by atoms with E-state index < -0.39 is 6.04 Å². The molecule has 2 heterocycles. The van der Waals surface area contributed by atoms with E-state index in [0.717, 1.165) is 23.7 Å². The maximum atomic E-state index is 13.0. The number of hydrogen-bond donors (Lipinski definition) is 0. The van der Waals surface area contributed by atoms with Crippen LogP contribution in [0.15, 0.2) is 24.3 Å². The predicted octanol–water partition coefficient (Wildman–Crippen LogP) is 3.76. The molecule has 0 radical (unpaired) electrons. The number of likely N-dealkylation sites (tertiary alicyclic amines) is 1. The van der Waals surface area contributed by atoms with Crippen molar-refractivity contribution in [2.24, 2.45) is 5.92 Å². The Labute approximate surface area is 155 Å². The van der Waals surface area contributed by atoms with E-state index in [1.807, 2.05) is 38.1 Å². The van der Waals surface area contributed by atoms with Gasteiger partial charge in [-0.3, -0.25) is 14.6 Å². The van der Waals surface area contributed by atoms with E-state index in [1.165, 1.54) is 43.4 Å². The van der Waals surface area contributed by atoms with Crippen molar-refractivity contribution in [3.8, 4) is 0 Å². The van der Waals surface area contributed by atoms with Gasteiger partial charge in [0.1, 0.15) is 6.04 Å². The van der Waals surface area contributed by atoms with Crippen LogP contribution in [0, 0.1) is 12.8 Å². The van der Waals surface area contributed by atoms with Crippen molar-refractivity contribution < 1.29 is 9.59 Å². The fourth-order valence-electron chi connectivity index (χ4n) is 4.98. The van der Waals surface area contributed by atoms with Gasteiger partial charge in [-0.2, -0.15) is 0 Å². The quantitative estimate of drug-likeness (QED) is 0.776. The Balaban J connectivity index is 1.52. The molecule has 1 aromatic carbocycles. The molecule has 4 rings (SSSR count). The summed E-state index contributed by atoms with van der Waals surface area (Å²) in [6, 6.07) is 7.76. The molecular formula is C21H29N3O2. The van der Waals surface area contributed by atoms with Crippen LogP contribution >= 0.6 is 0 Å². The van der Waals surface area contributed by atoms with Crippen LogP contribution in [0.2, 0.25) is 0 Å². The fourth-order valence-corrected chi connectivity index (χ4v) is 4.98. The van der Waals surface area contributed by atoms with Gasteiger partial charge in [-0.05, 0) is 57.6 Å². The van der Waals surface area contributed by atoms with Crippen molar-refractivity contribution in [2.45, 2.75) is 64.5 Å². The normalized spacial score (nSPS) is 30.0. The van der Waals surface area contributed by atoms with Gasteiger partial charge in [0.15, 0.2) is 0 Å². The first-order valence-corrected chi connectivity index (χ1v) is 10.0. The molecule has 5 nitrogen and oxygen atoms in total. The van der Waals surface area contributed by atoms with Gasteiger partial charge in [0.05, 0.1) is 6.67 Å². The number of carbonyl (C=O) groups is 2. The SMILES string of the molecule is Cc1ccc(N2C(=O)N(CN3CCC[C@H]4CCCC[C@@H]43)C(=O)[C@H]2C)cc1. The highest BCUT2D eigenvalue weighted by molar-refractivity contribution is 6.14. The van der Waals surface area contributed by atoms with Gasteiger partial charge in [0.25, 0.3) is 5.91 Å². The Morgan fingerprint density at radius 2 is 1.69 bits per heavy atom. The highest BCUT2D eigenvalue weighted by Crippen LogP contribution is 2.36.